The third-order valence-corrected chi connectivity index (χ3v) is 7.21. The van der Waals surface area contributed by atoms with Gasteiger partial charge in [-0.2, -0.15) is 0 Å². The number of nitrogens with zero attached hydrogens (tertiary/aromatic N) is 3. The van der Waals surface area contributed by atoms with E-state index in [0.29, 0.717) is 61.6 Å². The van der Waals surface area contributed by atoms with Gasteiger partial charge in [-0.05, 0) is 55.3 Å². The summed E-state index contributed by atoms with van der Waals surface area (Å²) in [5.41, 5.74) is 4.39. The van der Waals surface area contributed by atoms with Crippen molar-refractivity contribution in [2.75, 3.05) is 63.3 Å². The number of carbonyl (C=O) groups excluding carboxylic acids is 2. The molecule has 5 rings (SSSR count). The van der Waals surface area contributed by atoms with Crippen molar-refractivity contribution in [3.8, 4) is 11.5 Å². The first-order valence-electron chi connectivity index (χ1n) is 14.0. The van der Waals surface area contributed by atoms with E-state index in [-0.39, 0.29) is 11.8 Å². The molecule has 0 saturated carbocycles. The largest absolute Gasteiger partial charge is 0.490 e. The lowest BCUT2D eigenvalue weighted by molar-refractivity contribution is -0.120. The van der Waals surface area contributed by atoms with Crippen molar-refractivity contribution in [1.82, 2.24) is 4.90 Å². The van der Waals surface area contributed by atoms with Crippen LogP contribution < -0.4 is 19.7 Å². The number of rotatable bonds is 10. The van der Waals surface area contributed by atoms with Crippen LogP contribution in [0.4, 0.5) is 17.1 Å². The molecule has 0 spiro atoms. The van der Waals surface area contributed by atoms with Crippen LogP contribution in [0.3, 0.4) is 0 Å². The minimum absolute atomic E-state index is 0.0175. The van der Waals surface area contributed by atoms with Crippen molar-refractivity contribution < 1.29 is 23.8 Å². The average molecular weight is 557 g/mol. The Morgan fingerprint density at radius 2 is 1.66 bits per heavy atom. The molecule has 1 atom stereocenters. The van der Waals surface area contributed by atoms with E-state index in [9.17, 15) is 9.59 Å². The van der Waals surface area contributed by atoms with E-state index >= 15 is 0 Å². The van der Waals surface area contributed by atoms with E-state index in [1.165, 1.54) is 0 Å². The number of fused-ring (bicyclic) bond motifs is 1. The van der Waals surface area contributed by atoms with Gasteiger partial charge in [0.25, 0.3) is 0 Å². The molecule has 2 amide bonds. The maximum Gasteiger partial charge on any atom is 0.240 e. The second kappa shape index (κ2) is 13.0. The molecule has 2 aliphatic heterocycles. The minimum atomic E-state index is -0.639. The standard InChI is InChI=1S/C32H36N4O5/c1-4-40-27-19-25-26(20-28(27)41-5-2)34-32(38)30(25)31(22-9-7-6-8-10-22)33-23-11-13-24(14-12-23)35(3)29(37)21-36-15-17-39-18-16-36/h6-14,19-20,30H,4-5,15-18,21H2,1-3H3,(H,34,38). The maximum atomic E-state index is 13.4. The van der Waals surface area contributed by atoms with Gasteiger partial charge in [0.2, 0.25) is 11.8 Å². The molecule has 2 heterocycles. The van der Waals surface area contributed by atoms with E-state index in [2.05, 4.69) is 10.2 Å². The van der Waals surface area contributed by atoms with E-state index in [0.717, 1.165) is 29.9 Å². The molecule has 1 saturated heterocycles. The highest BCUT2D eigenvalue weighted by Gasteiger charge is 2.37. The number of morpholine rings is 1. The number of benzene rings is 3. The lowest BCUT2D eigenvalue weighted by Crippen LogP contribution is -2.43. The molecule has 214 valence electrons. The molecule has 9 heteroatoms. The smallest absolute Gasteiger partial charge is 0.240 e. The molecule has 3 aromatic carbocycles. The van der Waals surface area contributed by atoms with Crippen LogP contribution in [0.1, 0.15) is 30.9 Å². The van der Waals surface area contributed by atoms with E-state index in [1.54, 1.807) is 11.9 Å². The number of ether oxygens (including phenoxy) is 3. The summed E-state index contributed by atoms with van der Waals surface area (Å²) in [6.07, 6.45) is 0. The lowest BCUT2D eigenvalue weighted by atomic mass is 9.90. The van der Waals surface area contributed by atoms with E-state index < -0.39 is 5.92 Å². The molecule has 0 radical (unpaired) electrons. The summed E-state index contributed by atoms with van der Waals surface area (Å²) in [5, 5.41) is 3.01. The molecule has 9 nitrogen and oxygen atoms in total. The molecule has 0 bridgehead atoms. The summed E-state index contributed by atoms with van der Waals surface area (Å²) >= 11 is 0. The predicted molar refractivity (Wildman–Crippen MR) is 160 cm³/mol. The molecule has 1 unspecified atom stereocenters. The zero-order chi connectivity index (χ0) is 28.8. The predicted octanol–water partition coefficient (Wildman–Crippen LogP) is 4.64. The van der Waals surface area contributed by atoms with Crippen molar-refractivity contribution in [2.24, 2.45) is 4.99 Å². The summed E-state index contributed by atoms with van der Waals surface area (Å²) in [5.74, 6) is 0.402. The Morgan fingerprint density at radius 1 is 1.00 bits per heavy atom. The third kappa shape index (κ3) is 6.42. The molecule has 0 aromatic heterocycles. The van der Waals surface area contributed by atoms with E-state index in [1.807, 2.05) is 80.6 Å². The molecule has 1 N–H and O–H groups in total. The number of likely N-dealkylation sites (N-methyl/N-ethyl adjacent to an activating group) is 1. The first-order valence-corrected chi connectivity index (χ1v) is 14.0. The Labute approximate surface area is 240 Å². The van der Waals surface area contributed by atoms with Gasteiger partial charge in [-0.3, -0.25) is 19.5 Å². The van der Waals surface area contributed by atoms with Gasteiger partial charge in [0, 0.05) is 37.6 Å². The summed E-state index contributed by atoms with van der Waals surface area (Å²) in [6.45, 7) is 7.94. The highest BCUT2D eigenvalue weighted by molar-refractivity contribution is 6.24. The fraction of sp³-hybridized carbons (Fsp3) is 0.344. The normalized spacial score (nSPS) is 17.1. The Kier molecular flexibility index (Phi) is 8.96. The van der Waals surface area contributed by atoms with Crippen molar-refractivity contribution in [3.05, 3.63) is 77.9 Å². The topological polar surface area (TPSA) is 92.7 Å². The molecular formula is C32H36N4O5. The number of hydrogen-bond acceptors (Lipinski definition) is 7. The number of aliphatic imine (C=N–C) groups is 1. The van der Waals surface area contributed by atoms with Crippen LogP contribution >= 0.6 is 0 Å². The monoisotopic (exact) mass is 556 g/mol. The average Bonchev–Trinajstić information content (AvgIpc) is 3.31. The second-order valence-corrected chi connectivity index (χ2v) is 9.90. The van der Waals surface area contributed by atoms with Crippen molar-refractivity contribution in [2.45, 2.75) is 19.8 Å². The Hall–Kier alpha value is -4.21. The number of nitrogens with one attached hydrogen (secondary N) is 1. The molecule has 0 aliphatic carbocycles. The summed E-state index contributed by atoms with van der Waals surface area (Å²) in [7, 11) is 1.78. The zero-order valence-electron chi connectivity index (χ0n) is 23.8. The first kappa shape index (κ1) is 28.3. The van der Waals surface area contributed by atoms with Gasteiger partial charge in [-0.15, -0.1) is 0 Å². The fourth-order valence-corrected chi connectivity index (χ4v) is 5.07. The third-order valence-electron chi connectivity index (χ3n) is 7.21. The van der Waals surface area contributed by atoms with Crippen molar-refractivity contribution >= 4 is 34.6 Å². The second-order valence-electron chi connectivity index (χ2n) is 9.90. The number of carbonyl (C=O) groups is 2. The minimum Gasteiger partial charge on any atom is -0.490 e. The van der Waals surface area contributed by atoms with Gasteiger partial charge in [0.15, 0.2) is 11.5 Å². The summed E-state index contributed by atoms with van der Waals surface area (Å²) < 4.78 is 17.0. The van der Waals surface area contributed by atoms with Crippen molar-refractivity contribution in [3.63, 3.8) is 0 Å². The van der Waals surface area contributed by atoms with Gasteiger partial charge in [-0.1, -0.05) is 30.3 Å². The molecular weight excluding hydrogens is 520 g/mol. The molecule has 2 aliphatic rings. The fourth-order valence-electron chi connectivity index (χ4n) is 5.07. The van der Waals surface area contributed by atoms with Gasteiger partial charge >= 0.3 is 0 Å². The Bertz CT molecular complexity index is 1400. The van der Waals surface area contributed by atoms with E-state index in [4.69, 9.17) is 19.2 Å². The highest BCUT2D eigenvalue weighted by atomic mass is 16.5. The van der Waals surface area contributed by atoms with Gasteiger partial charge in [0.05, 0.1) is 44.4 Å². The quantitative estimate of drug-likeness (QED) is 0.366. The van der Waals surface area contributed by atoms with Crippen LogP contribution in [0.2, 0.25) is 0 Å². The van der Waals surface area contributed by atoms with Crippen LogP contribution in [0, 0.1) is 0 Å². The molecule has 3 aromatic rings. The zero-order valence-corrected chi connectivity index (χ0v) is 23.8. The van der Waals surface area contributed by atoms with Gasteiger partial charge < -0.3 is 24.4 Å². The van der Waals surface area contributed by atoms with Gasteiger partial charge in [-0.25, -0.2) is 0 Å². The Balaban J connectivity index is 1.45. The lowest BCUT2D eigenvalue weighted by Gasteiger charge is -2.28. The van der Waals surface area contributed by atoms with Crippen molar-refractivity contribution in [1.29, 1.82) is 0 Å². The van der Waals surface area contributed by atoms with Crippen LogP contribution in [0.5, 0.6) is 11.5 Å². The van der Waals surface area contributed by atoms with Gasteiger partial charge in [0.1, 0.15) is 5.92 Å². The van der Waals surface area contributed by atoms with Crippen LogP contribution in [0.15, 0.2) is 71.7 Å². The SMILES string of the molecule is CCOc1cc2c(cc1OCC)C(C(=Nc1ccc(N(C)C(=O)CN3CCOCC3)cc1)c1ccccc1)C(=O)N2. The maximum absolute atomic E-state index is 13.4. The van der Waals surface area contributed by atoms with Crippen LogP contribution in [-0.4, -0.2) is 75.5 Å². The van der Waals surface area contributed by atoms with Crippen LogP contribution in [-0.2, 0) is 14.3 Å². The highest BCUT2D eigenvalue weighted by Crippen LogP contribution is 2.43. The number of amides is 2. The summed E-state index contributed by atoms with van der Waals surface area (Å²) in [6, 6.07) is 20.9. The number of hydrogen-bond donors (Lipinski definition) is 1. The first-order chi connectivity index (χ1) is 20.0. The summed E-state index contributed by atoms with van der Waals surface area (Å²) in [4.78, 5) is 35.1. The number of anilines is 2. The van der Waals surface area contributed by atoms with Crippen LogP contribution in [0.25, 0.3) is 0 Å². The Morgan fingerprint density at radius 3 is 2.32 bits per heavy atom. The molecule has 1 fully saturated rings. The molecule has 41 heavy (non-hydrogen) atoms.